The van der Waals surface area contributed by atoms with E-state index in [4.69, 9.17) is 4.52 Å². The van der Waals surface area contributed by atoms with E-state index in [2.05, 4.69) is 28.3 Å². The molecule has 0 saturated heterocycles. The molecule has 1 heterocycles. The molecule has 0 fully saturated rings. The maximum Gasteiger partial charge on any atom is 0.246 e. The van der Waals surface area contributed by atoms with Gasteiger partial charge in [-0.3, -0.25) is 4.79 Å². The number of carbonyl (C=O) groups excluding carboxylic acids is 1. The Kier molecular flexibility index (Phi) is 5.38. The van der Waals surface area contributed by atoms with Crippen LogP contribution in [-0.2, 0) is 17.8 Å². The van der Waals surface area contributed by atoms with Crippen molar-refractivity contribution in [3.63, 3.8) is 0 Å². The average Bonchev–Trinajstić information content (AvgIpc) is 3.21. The molecular formula is C24H23N3O2. The lowest BCUT2D eigenvalue weighted by Gasteiger charge is -2.19. The molecule has 0 radical (unpaired) electrons. The van der Waals surface area contributed by atoms with E-state index in [9.17, 15) is 4.79 Å². The number of aromatic nitrogens is 2. The number of aryl methyl sites for hydroxylation is 1. The Morgan fingerprint density at radius 3 is 2.55 bits per heavy atom. The predicted octanol–water partition coefficient (Wildman–Crippen LogP) is 4.79. The third-order valence-corrected chi connectivity index (χ3v) is 5.06. The van der Waals surface area contributed by atoms with E-state index < -0.39 is 0 Å². The van der Waals surface area contributed by atoms with Gasteiger partial charge in [0.2, 0.25) is 17.6 Å². The van der Waals surface area contributed by atoms with E-state index in [1.165, 1.54) is 5.56 Å². The van der Waals surface area contributed by atoms with Crippen molar-refractivity contribution in [2.24, 2.45) is 0 Å². The van der Waals surface area contributed by atoms with Gasteiger partial charge in [-0.05, 0) is 30.2 Å². The fourth-order valence-electron chi connectivity index (χ4n) is 3.40. The summed E-state index contributed by atoms with van der Waals surface area (Å²) in [6.45, 7) is 4.87. The van der Waals surface area contributed by atoms with Crippen LogP contribution in [0.1, 0.15) is 23.9 Å². The normalized spacial score (nSPS) is 11.0. The highest BCUT2D eigenvalue weighted by Crippen LogP contribution is 2.20. The number of rotatable bonds is 6. The minimum atomic E-state index is 0.0407. The molecular weight excluding hydrogens is 362 g/mol. The standard InChI is InChI=1S/C24H23N3O2/c1-3-27(16-22-25-24(26-29-22)19-13-11-17(2)12-14-19)23(28)15-20-9-6-8-18-7-4-5-10-21(18)20/h4-14H,3,15-16H2,1-2H3. The molecule has 0 unspecified atom stereocenters. The van der Waals surface area contributed by atoms with E-state index in [1.807, 2.05) is 62.4 Å². The molecule has 0 spiro atoms. The summed E-state index contributed by atoms with van der Waals surface area (Å²) in [6, 6.07) is 22.1. The third kappa shape index (κ3) is 4.19. The highest BCUT2D eigenvalue weighted by molar-refractivity contribution is 5.90. The van der Waals surface area contributed by atoms with Gasteiger partial charge in [0.05, 0.1) is 13.0 Å². The first-order valence-electron chi connectivity index (χ1n) is 9.78. The number of amides is 1. The van der Waals surface area contributed by atoms with Crippen molar-refractivity contribution in [1.82, 2.24) is 15.0 Å². The molecule has 1 amide bonds. The van der Waals surface area contributed by atoms with Crippen LogP contribution in [0.3, 0.4) is 0 Å². The number of likely N-dealkylation sites (N-methyl/N-ethyl adjacent to an activating group) is 1. The smallest absolute Gasteiger partial charge is 0.246 e. The quantitative estimate of drug-likeness (QED) is 0.479. The van der Waals surface area contributed by atoms with E-state index in [0.29, 0.717) is 31.2 Å². The lowest BCUT2D eigenvalue weighted by atomic mass is 10.0. The molecule has 0 N–H and O–H groups in total. The fourth-order valence-corrected chi connectivity index (χ4v) is 3.40. The summed E-state index contributed by atoms with van der Waals surface area (Å²) in [5.74, 6) is 1.02. The van der Waals surface area contributed by atoms with Gasteiger partial charge in [0.25, 0.3) is 0 Å². The lowest BCUT2D eigenvalue weighted by molar-refractivity contribution is -0.131. The molecule has 0 aliphatic heterocycles. The van der Waals surface area contributed by atoms with Crippen molar-refractivity contribution in [2.45, 2.75) is 26.8 Å². The first-order chi connectivity index (χ1) is 14.1. The first-order valence-corrected chi connectivity index (χ1v) is 9.78. The van der Waals surface area contributed by atoms with Gasteiger partial charge in [-0.1, -0.05) is 77.5 Å². The van der Waals surface area contributed by atoms with Crippen LogP contribution in [-0.4, -0.2) is 27.5 Å². The van der Waals surface area contributed by atoms with Crippen molar-refractivity contribution in [2.75, 3.05) is 6.54 Å². The number of nitrogens with zero attached hydrogens (tertiary/aromatic N) is 3. The lowest BCUT2D eigenvalue weighted by Crippen LogP contribution is -2.31. The molecule has 1 aromatic heterocycles. The Hall–Kier alpha value is -3.47. The second-order valence-electron chi connectivity index (χ2n) is 7.10. The van der Waals surface area contributed by atoms with Gasteiger partial charge in [-0.2, -0.15) is 4.98 Å². The summed E-state index contributed by atoms with van der Waals surface area (Å²) in [4.78, 5) is 19.2. The van der Waals surface area contributed by atoms with Gasteiger partial charge >= 0.3 is 0 Å². The fraction of sp³-hybridized carbons (Fsp3) is 0.208. The van der Waals surface area contributed by atoms with Crippen molar-refractivity contribution >= 4 is 16.7 Å². The van der Waals surface area contributed by atoms with E-state index >= 15 is 0 Å². The Labute approximate surface area is 170 Å². The summed E-state index contributed by atoms with van der Waals surface area (Å²) >= 11 is 0. The monoisotopic (exact) mass is 385 g/mol. The zero-order valence-electron chi connectivity index (χ0n) is 16.6. The second kappa shape index (κ2) is 8.27. The number of benzene rings is 3. The molecule has 0 aliphatic rings. The Morgan fingerprint density at radius 1 is 1.00 bits per heavy atom. The van der Waals surface area contributed by atoms with Crippen LogP contribution in [0.2, 0.25) is 0 Å². The molecule has 3 aromatic carbocycles. The molecule has 4 aromatic rings. The average molecular weight is 385 g/mol. The van der Waals surface area contributed by atoms with Crippen LogP contribution in [0.15, 0.2) is 71.3 Å². The predicted molar refractivity (Wildman–Crippen MR) is 113 cm³/mol. The minimum Gasteiger partial charge on any atom is -0.337 e. The van der Waals surface area contributed by atoms with Crippen molar-refractivity contribution < 1.29 is 9.32 Å². The molecule has 29 heavy (non-hydrogen) atoms. The van der Waals surface area contributed by atoms with Gasteiger partial charge in [0.15, 0.2) is 0 Å². The number of carbonyl (C=O) groups is 1. The van der Waals surface area contributed by atoms with Gasteiger partial charge in [0.1, 0.15) is 0 Å². The maximum absolute atomic E-state index is 12.9. The van der Waals surface area contributed by atoms with Crippen LogP contribution in [0, 0.1) is 6.92 Å². The highest BCUT2D eigenvalue weighted by Gasteiger charge is 2.18. The molecule has 0 bridgehead atoms. The van der Waals surface area contributed by atoms with Crippen LogP contribution < -0.4 is 0 Å². The molecule has 0 aliphatic carbocycles. The van der Waals surface area contributed by atoms with Gasteiger partial charge in [-0.15, -0.1) is 0 Å². The molecule has 5 heteroatoms. The van der Waals surface area contributed by atoms with E-state index in [-0.39, 0.29) is 5.91 Å². The number of hydrogen-bond acceptors (Lipinski definition) is 4. The van der Waals surface area contributed by atoms with Crippen LogP contribution in [0.4, 0.5) is 0 Å². The summed E-state index contributed by atoms with van der Waals surface area (Å²) in [6.07, 6.45) is 0.341. The molecule has 5 nitrogen and oxygen atoms in total. The van der Waals surface area contributed by atoms with Gasteiger partial charge < -0.3 is 9.42 Å². The highest BCUT2D eigenvalue weighted by atomic mass is 16.5. The Balaban J connectivity index is 1.49. The van der Waals surface area contributed by atoms with Crippen molar-refractivity contribution in [1.29, 1.82) is 0 Å². The molecule has 146 valence electrons. The summed E-state index contributed by atoms with van der Waals surface area (Å²) in [7, 11) is 0. The third-order valence-electron chi connectivity index (χ3n) is 5.06. The summed E-state index contributed by atoms with van der Waals surface area (Å²) in [5, 5.41) is 6.31. The molecule has 0 saturated carbocycles. The zero-order valence-corrected chi connectivity index (χ0v) is 16.6. The molecule has 0 atom stereocenters. The van der Waals surface area contributed by atoms with Crippen LogP contribution >= 0.6 is 0 Å². The Morgan fingerprint density at radius 2 is 1.76 bits per heavy atom. The van der Waals surface area contributed by atoms with E-state index in [0.717, 1.165) is 21.9 Å². The maximum atomic E-state index is 12.9. The molecule has 4 rings (SSSR count). The first kappa shape index (κ1) is 18.9. The topological polar surface area (TPSA) is 59.2 Å². The zero-order chi connectivity index (χ0) is 20.2. The minimum absolute atomic E-state index is 0.0407. The van der Waals surface area contributed by atoms with E-state index in [1.54, 1.807) is 4.90 Å². The number of fused-ring (bicyclic) bond motifs is 1. The SMILES string of the molecule is CCN(Cc1nc(-c2ccc(C)cc2)no1)C(=O)Cc1cccc2ccccc12. The van der Waals surface area contributed by atoms with Crippen molar-refractivity contribution in [3.05, 3.63) is 83.7 Å². The number of hydrogen-bond donors (Lipinski definition) is 0. The van der Waals surface area contributed by atoms with Gasteiger partial charge in [-0.25, -0.2) is 0 Å². The largest absolute Gasteiger partial charge is 0.337 e. The van der Waals surface area contributed by atoms with Crippen LogP contribution in [0.5, 0.6) is 0 Å². The second-order valence-corrected chi connectivity index (χ2v) is 7.10. The van der Waals surface area contributed by atoms with Crippen LogP contribution in [0.25, 0.3) is 22.2 Å². The van der Waals surface area contributed by atoms with Crippen molar-refractivity contribution in [3.8, 4) is 11.4 Å². The Bertz CT molecular complexity index is 1130. The summed E-state index contributed by atoms with van der Waals surface area (Å²) < 4.78 is 5.40. The summed E-state index contributed by atoms with van der Waals surface area (Å²) in [5.41, 5.74) is 3.10. The van der Waals surface area contributed by atoms with Gasteiger partial charge in [0, 0.05) is 12.1 Å².